The van der Waals surface area contributed by atoms with Gasteiger partial charge in [-0.25, -0.2) is 0 Å². The number of carbonyl (C=O) groups is 1. The van der Waals surface area contributed by atoms with Crippen molar-refractivity contribution in [3.05, 3.63) is 29.8 Å². The minimum atomic E-state index is -0.0711. The Kier molecular flexibility index (Phi) is 6.21. The highest BCUT2D eigenvalue weighted by Crippen LogP contribution is 2.21. The number of nitrogens with two attached hydrogens (primary N) is 1. The first-order chi connectivity index (χ1) is 9.75. The van der Waals surface area contributed by atoms with Crippen molar-refractivity contribution in [2.75, 3.05) is 20.1 Å². The average Bonchev–Trinajstić information content (AvgIpc) is 2.40. The number of hydrogen-bond donors (Lipinski definition) is 1. The molecule has 0 fully saturated rings. The fourth-order valence-electron chi connectivity index (χ4n) is 2.11. The van der Waals surface area contributed by atoms with Crippen LogP contribution in [0.3, 0.4) is 0 Å². The third kappa shape index (κ3) is 5.76. The van der Waals surface area contributed by atoms with Crippen LogP contribution in [0.1, 0.15) is 33.3 Å². The van der Waals surface area contributed by atoms with Gasteiger partial charge < -0.3 is 15.4 Å². The van der Waals surface area contributed by atoms with E-state index in [-0.39, 0.29) is 17.4 Å². The van der Waals surface area contributed by atoms with Crippen molar-refractivity contribution in [1.29, 1.82) is 0 Å². The van der Waals surface area contributed by atoms with Crippen molar-refractivity contribution in [2.45, 2.75) is 40.2 Å². The fraction of sp³-hybridized carbons (Fsp3) is 0.588. The molecule has 0 unspecified atom stereocenters. The number of carbonyl (C=O) groups excluding carboxylic acids is 1. The molecule has 4 heteroatoms. The topological polar surface area (TPSA) is 55.6 Å². The van der Waals surface area contributed by atoms with Crippen LogP contribution in [0.2, 0.25) is 0 Å². The van der Waals surface area contributed by atoms with Crippen molar-refractivity contribution in [3.8, 4) is 5.75 Å². The Morgan fingerprint density at radius 1 is 1.33 bits per heavy atom. The van der Waals surface area contributed by atoms with E-state index in [2.05, 4.69) is 13.8 Å². The Morgan fingerprint density at radius 2 is 1.95 bits per heavy atom. The summed E-state index contributed by atoms with van der Waals surface area (Å²) in [5, 5.41) is 0. The summed E-state index contributed by atoms with van der Waals surface area (Å²) in [6, 6.07) is 7.70. The quantitative estimate of drug-likeness (QED) is 0.840. The van der Waals surface area contributed by atoms with Crippen LogP contribution < -0.4 is 10.5 Å². The fourth-order valence-corrected chi connectivity index (χ4v) is 2.11. The molecule has 0 atom stereocenters. The van der Waals surface area contributed by atoms with E-state index < -0.39 is 0 Å². The van der Waals surface area contributed by atoms with Crippen molar-refractivity contribution in [2.24, 2.45) is 11.1 Å². The monoisotopic (exact) mass is 292 g/mol. The van der Waals surface area contributed by atoms with Gasteiger partial charge in [-0.1, -0.05) is 32.0 Å². The summed E-state index contributed by atoms with van der Waals surface area (Å²) in [6.45, 7) is 9.29. The van der Waals surface area contributed by atoms with Gasteiger partial charge >= 0.3 is 0 Å². The molecule has 0 aliphatic carbocycles. The van der Waals surface area contributed by atoms with E-state index in [1.165, 1.54) is 0 Å². The Labute approximate surface area is 128 Å². The largest absolute Gasteiger partial charge is 0.491 e. The van der Waals surface area contributed by atoms with Crippen LogP contribution in [-0.2, 0) is 11.2 Å². The summed E-state index contributed by atoms with van der Waals surface area (Å²) in [7, 11) is 1.83. The molecule has 0 aliphatic heterocycles. The van der Waals surface area contributed by atoms with Gasteiger partial charge in [0, 0.05) is 19.2 Å². The van der Waals surface area contributed by atoms with Crippen molar-refractivity contribution < 1.29 is 9.53 Å². The van der Waals surface area contributed by atoms with Crippen LogP contribution in [0.25, 0.3) is 0 Å². The first-order valence-electron chi connectivity index (χ1n) is 7.44. The Balaban J connectivity index is 2.74. The highest BCUT2D eigenvalue weighted by molar-refractivity contribution is 5.79. The van der Waals surface area contributed by atoms with E-state index in [0.29, 0.717) is 19.5 Å². The lowest BCUT2D eigenvalue weighted by molar-refractivity contribution is -0.130. The SMILES string of the molecule is CC(C)Oc1ccccc1CC(=O)N(C)CC(C)(C)CN. The molecular weight excluding hydrogens is 264 g/mol. The van der Waals surface area contributed by atoms with Crippen LogP contribution in [0.4, 0.5) is 0 Å². The molecule has 21 heavy (non-hydrogen) atoms. The summed E-state index contributed by atoms with van der Waals surface area (Å²) in [5.41, 5.74) is 6.58. The van der Waals surface area contributed by atoms with Crippen LogP contribution in [0.15, 0.2) is 24.3 Å². The molecule has 2 N–H and O–H groups in total. The van der Waals surface area contributed by atoms with Gasteiger partial charge in [0.05, 0.1) is 12.5 Å². The average molecular weight is 292 g/mol. The molecule has 4 nitrogen and oxygen atoms in total. The van der Waals surface area contributed by atoms with Crippen molar-refractivity contribution >= 4 is 5.91 Å². The lowest BCUT2D eigenvalue weighted by atomic mass is 9.93. The van der Waals surface area contributed by atoms with Gasteiger partial charge in [0.25, 0.3) is 0 Å². The maximum Gasteiger partial charge on any atom is 0.226 e. The summed E-state index contributed by atoms with van der Waals surface area (Å²) >= 11 is 0. The third-order valence-electron chi connectivity index (χ3n) is 3.32. The van der Waals surface area contributed by atoms with Gasteiger partial charge in [0.15, 0.2) is 0 Å². The number of rotatable bonds is 7. The molecule has 1 aromatic carbocycles. The maximum absolute atomic E-state index is 12.4. The maximum atomic E-state index is 12.4. The molecule has 1 rings (SSSR count). The van der Waals surface area contributed by atoms with Crippen LogP contribution >= 0.6 is 0 Å². The lowest BCUT2D eigenvalue weighted by Gasteiger charge is -2.29. The zero-order valence-corrected chi connectivity index (χ0v) is 13.8. The second-order valence-corrected chi connectivity index (χ2v) is 6.57. The number of hydrogen-bond acceptors (Lipinski definition) is 3. The molecule has 0 aliphatic rings. The molecular formula is C17H28N2O2. The third-order valence-corrected chi connectivity index (χ3v) is 3.32. The van der Waals surface area contributed by atoms with E-state index in [0.717, 1.165) is 11.3 Å². The molecule has 0 bridgehead atoms. The van der Waals surface area contributed by atoms with Gasteiger partial charge in [0.1, 0.15) is 5.75 Å². The molecule has 0 radical (unpaired) electrons. The van der Waals surface area contributed by atoms with Gasteiger partial charge in [-0.2, -0.15) is 0 Å². The molecule has 118 valence electrons. The number of nitrogens with zero attached hydrogens (tertiary/aromatic N) is 1. The smallest absolute Gasteiger partial charge is 0.226 e. The molecule has 0 saturated carbocycles. The van der Waals surface area contributed by atoms with E-state index in [1.807, 2.05) is 45.2 Å². The molecule has 0 saturated heterocycles. The standard InChI is InChI=1S/C17H28N2O2/c1-13(2)21-15-9-7-6-8-14(15)10-16(20)19(5)12-17(3,4)11-18/h6-9,13H,10-12,18H2,1-5H3. The predicted octanol–water partition coefficient (Wildman–Crippen LogP) is 2.46. The van der Waals surface area contributed by atoms with Crippen molar-refractivity contribution in [3.63, 3.8) is 0 Å². The summed E-state index contributed by atoms with van der Waals surface area (Å²) in [4.78, 5) is 14.1. The number of benzene rings is 1. The first-order valence-corrected chi connectivity index (χ1v) is 7.44. The summed E-state index contributed by atoms with van der Waals surface area (Å²) in [6.07, 6.45) is 0.440. The highest BCUT2D eigenvalue weighted by atomic mass is 16.5. The van der Waals surface area contributed by atoms with Crippen LogP contribution in [0.5, 0.6) is 5.75 Å². The van der Waals surface area contributed by atoms with Crippen molar-refractivity contribution in [1.82, 2.24) is 4.90 Å². The van der Waals surface area contributed by atoms with Gasteiger partial charge in [-0.3, -0.25) is 4.79 Å². The second-order valence-electron chi connectivity index (χ2n) is 6.57. The molecule has 0 aromatic heterocycles. The normalized spacial score (nSPS) is 11.6. The molecule has 1 aromatic rings. The Morgan fingerprint density at radius 3 is 2.52 bits per heavy atom. The summed E-state index contributed by atoms with van der Waals surface area (Å²) < 4.78 is 5.76. The zero-order valence-electron chi connectivity index (χ0n) is 13.8. The zero-order chi connectivity index (χ0) is 16.0. The highest BCUT2D eigenvalue weighted by Gasteiger charge is 2.21. The van der Waals surface area contributed by atoms with Crippen LogP contribution in [-0.4, -0.2) is 37.0 Å². The number of likely N-dealkylation sites (N-methyl/N-ethyl adjacent to an activating group) is 1. The van der Waals surface area contributed by atoms with E-state index >= 15 is 0 Å². The molecule has 1 amide bonds. The van der Waals surface area contributed by atoms with E-state index in [1.54, 1.807) is 4.90 Å². The van der Waals surface area contributed by atoms with Crippen LogP contribution in [0, 0.1) is 5.41 Å². The molecule has 0 heterocycles. The van der Waals surface area contributed by atoms with Gasteiger partial charge in [0.2, 0.25) is 5.91 Å². The minimum absolute atomic E-state index is 0.0711. The second kappa shape index (κ2) is 7.46. The number of amides is 1. The Hall–Kier alpha value is -1.55. The molecule has 0 spiro atoms. The first kappa shape index (κ1) is 17.5. The lowest BCUT2D eigenvalue weighted by Crippen LogP contribution is -2.40. The number of para-hydroxylation sites is 1. The Bertz CT molecular complexity index is 470. The van der Waals surface area contributed by atoms with E-state index in [9.17, 15) is 4.79 Å². The van der Waals surface area contributed by atoms with Gasteiger partial charge in [-0.15, -0.1) is 0 Å². The predicted molar refractivity (Wildman–Crippen MR) is 86.4 cm³/mol. The summed E-state index contributed by atoms with van der Waals surface area (Å²) in [5.74, 6) is 0.865. The minimum Gasteiger partial charge on any atom is -0.491 e. The number of ether oxygens (including phenoxy) is 1. The van der Waals surface area contributed by atoms with Gasteiger partial charge in [-0.05, 0) is 31.9 Å². The van der Waals surface area contributed by atoms with E-state index in [4.69, 9.17) is 10.5 Å².